The molecule has 1 fully saturated rings. The Morgan fingerprint density at radius 2 is 1.72 bits per heavy atom. The molecule has 4 rings (SSSR count). The average Bonchev–Trinajstić information content (AvgIpc) is 3.30. The van der Waals surface area contributed by atoms with Crippen molar-refractivity contribution in [2.75, 3.05) is 13.6 Å². The van der Waals surface area contributed by atoms with E-state index in [1.165, 1.54) is 0 Å². The Labute approximate surface area is 169 Å². The number of imidazole rings is 1. The molecule has 2 aromatic carbocycles. The Hall–Kier alpha value is -3.41. The van der Waals surface area contributed by atoms with E-state index in [1.807, 2.05) is 48.0 Å². The molecule has 1 aliphatic rings. The highest BCUT2D eigenvalue weighted by molar-refractivity contribution is 5.90. The van der Waals surface area contributed by atoms with E-state index < -0.39 is 18.0 Å². The van der Waals surface area contributed by atoms with Gasteiger partial charge in [-0.25, -0.2) is 9.78 Å². The Balaban J connectivity index is 1.74. The van der Waals surface area contributed by atoms with Crippen LogP contribution in [0.2, 0.25) is 0 Å². The molecule has 0 spiro atoms. The Morgan fingerprint density at radius 3 is 2.34 bits per heavy atom. The second-order valence-corrected chi connectivity index (χ2v) is 7.38. The summed E-state index contributed by atoms with van der Waals surface area (Å²) >= 11 is 0. The van der Waals surface area contributed by atoms with Crippen molar-refractivity contribution in [3.05, 3.63) is 90.0 Å². The van der Waals surface area contributed by atoms with Gasteiger partial charge in [0.05, 0.1) is 17.8 Å². The van der Waals surface area contributed by atoms with Crippen molar-refractivity contribution < 1.29 is 14.3 Å². The van der Waals surface area contributed by atoms with Crippen LogP contribution in [0, 0.1) is 5.92 Å². The van der Waals surface area contributed by atoms with Crippen molar-refractivity contribution in [2.24, 2.45) is 13.0 Å². The van der Waals surface area contributed by atoms with Crippen LogP contribution < -0.4 is 0 Å². The SMILES string of the molecule is CN1CC(c2cncn2C)C(C(OC(=O)c2ccccc2)c2ccccc2)C1=O. The third kappa shape index (κ3) is 3.66. The molecule has 6 nitrogen and oxygen atoms in total. The predicted octanol–water partition coefficient (Wildman–Crippen LogP) is 3.19. The number of amides is 1. The van der Waals surface area contributed by atoms with E-state index in [1.54, 1.807) is 48.7 Å². The molecule has 1 amide bonds. The largest absolute Gasteiger partial charge is 0.453 e. The molecule has 148 valence electrons. The molecule has 2 heterocycles. The van der Waals surface area contributed by atoms with E-state index in [9.17, 15) is 9.59 Å². The molecule has 6 heteroatoms. The molecule has 3 unspecified atom stereocenters. The molecule has 0 N–H and O–H groups in total. The lowest BCUT2D eigenvalue weighted by molar-refractivity contribution is -0.133. The third-order valence-electron chi connectivity index (χ3n) is 5.50. The minimum absolute atomic E-state index is 0.0362. The molecule has 1 aliphatic heterocycles. The van der Waals surface area contributed by atoms with Crippen LogP contribution >= 0.6 is 0 Å². The van der Waals surface area contributed by atoms with Crippen LogP contribution in [-0.2, 0) is 16.6 Å². The summed E-state index contributed by atoms with van der Waals surface area (Å²) < 4.78 is 7.90. The highest BCUT2D eigenvalue weighted by atomic mass is 16.5. The smallest absolute Gasteiger partial charge is 0.338 e. The maximum absolute atomic E-state index is 13.2. The molecular weight excluding hydrogens is 366 g/mol. The van der Waals surface area contributed by atoms with E-state index in [2.05, 4.69) is 4.98 Å². The van der Waals surface area contributed by atoms with Crippen LogP contribution in [0.3, 0.4) is 0 Å². The predicted molar refractivity (Wildman–Crippen MR) is 108 cm³/mol. The lowest BCUT2D eigenvalue weighted by Crippen LogP contribution is -2.30. The van der Waals surface area contributed by atoms with Crippen LogP contribution in [0.4, 0.5) is 0 Å². The molecule has 1 aromatic heterocycles. The number of hydrogen-bond donors (Lipinski definition) is 0. The van der Waals surface area contributed by atoms with Crippen molar-refractivity contribution in [1.82, 2.24) is 14.5 Å². The molecule has 0 bridgehead atoms. The molecule has 0 radical (unpaired) electrons. The van der Waals surface area contributed by atoms with E-state index in [4.69, 9.17) is 4.74 Å². The molecule has 1 saturated heterocycles. The fourth-order valence-corrected chi connectivity index (χ4v) is 4.02. The van der Waals surface area contributed by atoms with Gasteiger partial charge in [-0.2, -0.15) is 0 Å². The molecule has 3 aromatic rings. The molecule has 29 heavy (non-hydrogen) atoms. The molecule has 0 aliphatic carbocycles. The number of benzene rings is 2. The highest BCUT2D eigenvalue weighted by Crippen LogP contribution is 2.42. The monoisotopic (exact) mass is 389 g/mol. The van der Waals surface area contributed by atoms with Crippen LogP contribution in [0.15, 0.2) is 73.2 Å². The zero-order valence-corrected chi connectivity index (χ0v) is 16.4. The lowest BCUT2D eigenvalue weighted by atomic mass is 9.84. The second kappa shape index (κ2) is 7.91. The van der Waals surface area contributed by atoms with Crippen molar-refractivity contribution in [3.63, 3.8) is 0 Å². The second-order valence-electron chi connectivity index (χ2n) is 7.38. The number of carbonyl (C=O) groups excluding carboxylic acids is 2. The maximum atomic E-state index is 13.2. The van der Waals surface area contributed by atoms with Crippen LogP contribution in [0.1, 0.15) is 33.6 Å². The number of nitrogens with zero attached hydrogens (tertiary/aromatic N) is 3. The van der Waals surface area contributed by atoms with Gasteiger partial charge in [0.1, 0.15) is 6.10 Å². The fourth-order valence-electron chi connectivity index (χ4n) is 4.02. The number of likely N-dealkylation sites (tertiary alicyclic amines) is 1. The average molecular weight is 389 g/mol. The zero-order chi connectivity index (χ0) is 20.4. The Kier molecular flexibility index (Phi) is 5.16. The van der Waals surface area contributed by atoms with Crippen LogP contribution in [0.25, 0.3) is 0 Å². The van der Waals surface area contributed by atoms with Crippen LogP contribution in [-0.4, -0.2) is 39.9 Å². The van der Waals surface area contributed by atoms with Gasteiger partial charge in [0.15, 0.2) is 0 Å². The van der Waals surface area contributed by atoms with Crippen LogP contribution in [0.5, 0.6) is 0 Å². The number of aromatic nitrogens is 2. The van der Waals surface area contributed by atoms with Crippen molar-refractivity contribution in [2.45, 2.75) is 12.0 Å². The van der Waals surface area contributed by atoms with Gasteiger partial charge in [0.25, 0.3) is 0 Å². The van der Waals surface area contributed by atoms with Gasteiger partial charge in [-0.05, 0) is 17.7 Å². The summed E-state index contributed by atoms with van der Waals surface area (Å²) in [7, 11) is 3.70. The minimum Gasteiger partial charge on any atom is -0.453 e. The molecule has 0 saturated carbocycles. The summed E-state index contributed by atoms with van der Waals surface area (Å²) in [6.07, 6.45) is 2.81. The number of rotatable bonds is 5. The molecular formula is C23H23N3O3. The first-order chi connectivity index (χ1) is 14.1. The summed E-state index contributed by atoms with van der Waals surface area (Å²) in [4.78, 5) is 31.9. The summed E-state index contributed by atoms with van der Waals surface area (Å²) in [5.41, 5.74) is 2.21. The molecule has 3 atom stereocenters. The van der Waals surface area contributed by atoms with Gasteiger partial charge in [-0.15, -0.1) is 0 Å². The van der Waals surface area contributed by atoms with E-state index >= 15 is 0 Å². The number of hydrogen-bond acceptors (Lipinski definition) is 4. The van der Waals surface area contributed by atoms with Gasteiger partial charge in [-0.1, -0.05) is 48.5 Å². The third-order valence-corrected chi connectivity index (χ3v) is 5.50. The maximum Gasteiger partial charge on any atom is 0.338 e. The Bertz CT molecular complexity index is 1000. The highest BCUT2D eigenvalue weighted by Gasteiger charge is 2.47. The minimum atomic E-state index is -0.693. The van der Waals surface area contributed by atoms with Gasteiger partial charge in [0.2, 0.25) is 5.91 Å². The quantitative estimate of drug-likeness (QED) is 0.629. The first-order valence-electron chi connectivity index (χ1n) is 9.58. The summed E-state index contributed by atoms with van der Waals surface area (Å²) in [6, 6.07) is 18.3. The number of likely N-dealkylation sites (N-methyl/N-ethyl adjacent to an activating group) is 1. The number of esters is 1. The van der Waals surface area contributed by atoms with E-state index in [0.29, 0.717) is 12.1 Å². The first-order valence-corrected chi connectivity index (χ1v) is 9.58. The van der Waals surface area contributed by atoms with Gasteiger partial charge < -0.3 is 14.2 Å². The lowest BCUT2D eigenvalue weighted by Gasteiger charge is -2.27. The summed E-state index contributed by atoms with van der Waals surface area (Å²) in [5.74, 6) is -1.13. The standard InChI is InChI=1S/C23H23N3O3/c1-25-14-18(19-13-24-15-26(19)2)20(22(25)27)21(16-9-5-3-6-10-16)29-23(28)17-11-7-4-8-12-17/h3-13,15,18,20-21H,14H2,1-2H3. The summed E-state index contributed by atoms with van der Waals surface area (Å²) in [5, 5.41) is 0. The number of carbonyl (C=O) groups is 2. The van der Waals surface area contributed by atoms with E-state index in [0.717, 1.165) is 11.3 Å². The van der Waals surface area contributed by atoms with E-state index in [-0.39, 0.29) is 11.8 Å². The first kappa shape index (κ1) is 18.9. The van der Waals surface area contributed by atoms with Gasteiger partial charge >= 0.3 is 5.97 Å². The van der Waals surface area contributed by atoms with Gasteiger partial charge in [0, 0.05) is 38.4 Å². The fraction of sp³-hybridized carbons (Fsp3) is 0.261. The van der Waals surface area contributed by atoms with Crippen molar-refractivity contribution in [1.29, 1.82) is 0 Å². The zero-order valence-electron chi connectivity index (χ0n) is 16.4. The van der Waals surface area contributed by atoms with Gasteiger partial charge in [-0.3, -0.25) is 4.79 Å². The summed E-state index contributed by atoms with van der Waals surface area (Å²) in [6.45, 7) is 0.551. The normalized spacial score (nSPS) is 19.9. The number of aryl methyl sites for hydroxylation is 1. The van der Waals surface area contributed by atoms with Crippen molar-refractivity contribution in [3.8, 4) is 0 Å². The Morgan fingerprint density at radius 1 is 1.07 bits per heavy atom. The topological polar surface area (TPSA) is 64.4 Å². The van der Waals surface area contributed by atoms with Crippen molar-refractivity contribution >= 4 is 11.9 Å². The number of ether oxygens (including phenoxy) is 1.